The molecule has 0 spiro atoms. The zero-order valence-electron chi connectivity index (χ0n) is 21.2. The maximum atomic E-state index is 13.0. The van der Waals surface area contributed by atoms with E-state index in [-0.39, 0.29) is 15.6 Å². The van der Waals surface area contributed by atoms with Crippen molar-refractivity contribution in [2.45, 2.75) is 76.2 Å². The molecular weight excluding hydrogens is 534 g/mol. The second kappa shape index (κ2) is 12.5. The SMILES string of the molecule is C1CCCC1.CC(C)c1coc(CNc2nsnc2Nc2ccc(Cl)c(S(=O)(=O)N3CCCC3)c2O)c1. The Morgan fingerprint density at radius 1 is 1.08 bits per heavy atom. The van der Waals surface area contributed by atoms with Gasteiger partial charge in [0.2, 0.25) is 10.0 Å². The van der Waals surface area contributed by atoms with E-state index >= 15 is 0 Å². The third-order valence-corrected chi connectivity index (χ3v) is 9.44. The highest BCUT2D eigenvalue weighted by molar-refractivity contribution is 7.89. The lowest BCUT2D eigenvalue weighted by Gasteiger charge is -2.19. The molecule has 0 amide bonds. The minimum absolute atomic E-state index is 0.0338. The normalized spacial score (nSPS) is 16.1. The molecule has 0 atom stereocenters. The van der Waals surface area contributed by atoms with Crippen molar-refractivity contribution in [3.05, 3.63) is 40.8 Å². The Balaban J connectivity index is 0.000000572. The van der Waals surface area contributed by atoms with Gasteiger partial charge in [-0.2, -0.15) is 13.1 Å². The van der Waals surface area contributed by atoms with Crippen LogP contribution in [0.15, 0.2) is 33.8 Å². The maximum absolute atomic E-state index is 13.0. The number of aromatic hydroxyl groups is 1. The minimum atomic E-state index is -3.91. The van der Waals surface area contributed by atoms with Crippen LogP contribution in [-0.4, -0.2) is 39.7 Å². The number of hydrogen-bond acceptors (Lipinski definition) is 9. The van der Waals surface area contributed by atoms with E-state index in [2.05, 4.69) is 33.2 Å². The van der Waals surface area contributed by atoms with Crippen molar-refractivity contribution in [2.75, 3.05) is 23.7 Å². The zero-order chi connectivity index (χ0) is 26.4. The molecule has 5 rings (SSSR count). The van der Waals surface area contributed by atoms with Crippen LogP contribution in [0.5, 0.6) is 5.75 Å². The number of benzene rings is 1. The lowest BCUT2D eigenvalue weighted by atomic mass is 10.1. The molecule has 2 fully saturated rings. The first-order chi connectivity index (χ1) is 17.8. The van der Waals surface area contributed by atoms with Crippen LogP contribution in [0.3, 0.4) is 0 Å². The van der Waals surface area contributed by atoms with Gasteiger partial charge in [0.25, 0.3) is 0 Å². The number of hydrogen-bond donors (Lipinski definition) is 3. The fourth-order valence-corrected chi connectivity index (χ4v) is 6.91. The smallest absolute Gasteiger partial charge is 0.248 e. The van der Waals surface area contributed by atoms with Crippen molar-refractivity contribution in [1.29, 1.82) is 0 Å². The number of phenolic OH excluding ortho intramolecular Hbond substituents is 1. The first kappa shape index (κ1) is 27.7. The average molecular weight is 568 g/mol. The zero-order valence-corrected chi connectivity index (χ0v) is 23.6. The van der Waals surface area contributed by atoms with Crippen LogP contribution in [0, 0.1) is 0 Å². The molecule has 202 valence electrons. The summed E-state index contributed by atoms with van der Waals surface area (Å²) in [5, 5.41) is 16.9. The van der Waals surface area contributed by atoms with Gasteiger partial charge in [-0.25, -0.2) is 8.42 Å². The van der Waals surface area contributed by atoms with Crippen molar-refractivity contribution in [3.8, 4) is 5.75 Å². The van der Waals surface area contributed by atoms with Crippen LogP contribution in [0.4, 0.5) is 17.3 Å². The number of sulfonamides is 1. The van der Waals surface area contributed by atoms with Gasteiger partial charge in [-0.3, -0.25) is 0 Å². The molecule has 0 radical (unpaired) electrons. The fourth-order valence-electron chi connectivity index (χ4n) is 4.31. The largest absolute Gasteiger partial charge is 0.504 e. The van der Waals surface area contributed by atoms with Crippen LogP contribution in [0.2, 0.25) is 5.02 Å². The number of rotatable bonds is 8. The molecule has 2 aliphatic rings. The molecule has 0 unspecified atom stereocenters. The highest BCUT2D eigenvalue weighted by Crippen LogP contribution is 2.41. The van der Waals surface area contributed by atoms with Crippen molar-refractivity contribution < 1.29 is 17.9 Å². The first-order valence-corrected chi connectivity index (χ1v) is 15.2. The second-order valence-corrected chi connectivity index (χ2v) is 12.4. The van der Waals surface area contributed by atoms with Gasteiger partial charge < -0.3 is 20.2 Å². The van der Waals surface area contributed by atoms with Crippen LogP contribution < -0.4 is 10.6 Å². The Hall–Kier alpha value is -2.34. The molecule has 1 aliphatic carbocycles. The van der Waals surface area contributed by atoms with Crippen molar-refractivity contribution in [3.63, 3.8) is 0 Å². The summed E-state index contributed by atoms with van der Waals surface area (Å²) in [6, 6.07) is 4.92. The van der Waals surface area contributed by atoms with E-state index in [0.29, 0.717) is 37.2 Å². The van der Waals surface area contributed by atoms with Gasteiger partial charge in [-0.05, 0) is 42.5 Å². The number of nitrogens with one attached hydrogen (secondary N) is 2. The Labute approximate surface area is 227 Å². The van der Waals surface area contributed by atoms with Gasteiger partial charge >= 0.3 is 0 Å². The lowest BCUT2D eigenvalue weighted by molar-refractivity contribution is 0.445. The first-order valence-electron chi connectivity index (χ1n) is 12.7. The number of aromatic nitrogens is 2. The summed E-state index contributed by atoms with van der Waals surface area (Å²) in [5.74, 6) is 1.48. The summed E-state index contributed by atoms with van der Waals surface area (Å²) in [6.07, 6.45) is 10.8. The molecule has 3 N–H and O–H groups in total. The highest BCUT2D eigenvalue weighted by Gasteiger charge is 2.33. The van der Waals surface area contributed by atoms with E-state index in [1.165, 1.54) is 48.5 Å². The summed E-state index contributed by atoms with van der Waals surface area (Å²) < 4.78 is 41.4. The predicted octanol–water partition coefficient (Wildman–Crippen LogP) is 6.70. The van der Waals surface area contributed by atoms with Crippen molar-refractivity contribution in [1.82, 2.24) is 13.1 Å². The Bertz CT molecular complexity index is 1270. The molecular formula is C25H34ClN5O4S2. The molecule has 1 aromatic carbocycles. The van der Waals surface area contributed by atoms with E-state index in [1.54, 1.807) is 6.26 Å². The summed E-state index contributed by atoms with van der Waals surface area (Å²) in [7, 11) is -3.91. The van der Waals surface area contributed by atoms with Gasteiger partial charge in [0.1, 0.15) is 10.7 Å². The molecule has 9 nitrogen and oxygen atoms in total. The average Bonchev–Trinajstić information content (AvgIpc) is 3.69. The Kier molecular flexibility index (Phi) is 9.33. The second-order valence-electron chi connectivity index (χ2n) is 9.59. The van der Waals surface area contributed by atoms with E-state index in [0.717, 1.165) is 35.9 Å². The third kappa shape index (κ3) is 6.76. The molecule has 3 aromatic rings. The Morgan fingerprint density at radius 2 is 1.73 bits per heavy atom. The molecule has 1 aliphatic heterocycles. The Morgan fingerprint density at radius 3 is 2.35 bits per heavy atom. The molecule has 3 heterocycles. The van der Waals surface area contributed by atoms with Gasteiger partial charge in [0.05, 0.1) is 35.2 Å². The molecule has 1 saturated carbocycles. The van der Waals surface area contributed by atoms with Gasteiger partial charge in [0.15, 0.2) is 17.4 Å². The fraction of sp³-hybridized carbons (Fsp3) is 0.520. The molecule has 1 saturated heterocycles. The summed E-state index contributed by atoms with van der Waals surface area (Å²) in [5.41, 5.74) is 1.28. The van der Waals surface area contributed by atoms with Crippen molar-refractivity contribution >= 4 is 50.7 Å². The van der Waals surface area contributed by atoms with Gasteiger partial charge in [0, 0.05) is 13.1 Å². The monoisotopic (exact) mass is 567 g/mol. The maximum Gasteiger partial charge on any atom is 0.248 e. The topological polar surface area (TPSA) is 121 Å². The standard InChI is InChI=1S/C20H24ClN5O4S2.C5H10/c1-12(2)13-9-14(30-11-13)10-22-19-20(25-31-24-19)23-16-6-5-15(21)18(17(16)27)32(28,29)26-7-3-4-8-26;1-2-4-5-3-1/h5-6,9,11-12,27H,3-4,7-8,10H2,1-2H3,(H,22,24)(H,23,25);1-5H2. The number of nitrogens with zero attached hydrogens (tertiary/aromatic N) is 3. The van der Waals surface area contributed by atoms with Crippen LogP contribution in [0.25, 0.3) is 0 Å². The lowest BCUT2D eigenvalue weighted by Crippen LogP contribution is -2.28. The summed E-state index contributed by atoms with van der Waals surface area (Å²) >= 11 is 7.16. The van der Waals surface area contributed by atoms with E-state index < -0.39 is 15.8 Å². The van der Waals surface area contributed by atoms with E-state index in [4.69, 9.17) is 16.0 Å². The van der Waals surface area contributed by atoms with Crippen molar-refractivity contribution in [2.24, 2.45) is 0 Å². The quantitative estimate of drug-likeness (QED) is 0.257. The number of furan rings is 1. The number of phenols is 1. The summed E-state index contributed by atoms with van der Waals surface area (Å²) in [4.78, 5) is -0.305. The number of halogens is 1. The predicted molar refractivity (Wildman–Crippen MR) is 148 cm³/mol. The van der Waals surface area contributed by atoms with Crippen LogP contribution in [0.1, 0.15) is 76.0 Å². The van der Waals surface area contributed by atoms with Crippen LogP contribution in [-0.2, 0) is 16.6 Å². The molecule has 2 aromatic heterocycles. The summed E-state index contributed by atoms with van der Waals surface area (Å²) in [6.45, 7) is 5.39. The molecule has 37 heavy (non-hydrogen) atoms. The van der Waals surface area contributed by atoms with Gasteiger partial charge in [-0.15, -0.1) is 0 Å². The third-order valence-electron chi connectivity index (χ3n) is 6.51. The minimum Gasteiger partial charge on any atom is -0.504 e. The van der Waals surface area contributed by atoms with Crippen LogP contribution >= 0.6 is 23.3 Å². The van der Waals surface area contributed by atoms with E-state index in [1.807, 2.05) is 6.07 Å². The van der Waals surface area contributed by atoms with E-state index in [9.17, 15) is 13.5 Å². The van der Waals surface area contributed by atoms with Gasteiger partial charge in [-0.1, -0.05) is 57.6 Å². The molecule has 0 bridgehead atoms. The highest BCUT2D eigenvalue weighted by atomic mass is 35.5. The number of anilines is 3. The molecule has 12 heteroatoms.